The minimum atomic E-state index is 0.634. The van der Waals surface area contributed by atoms with Crippen LogP contribution in [0, 0.1) is 5.92 Å². The van der Waals surface area contributed by atoms with Gasteiger partial charge in [-0.25, -0.2) is 0 Å². The quantitative estimate of drug-likeness (QED) is 0.816. The second-order valence-electron chi connectivity index (χ2n) is 5.27. The lowest BCUT2D eigenvalue weighted by molar-refractivity contribution is 0.541. The first-order chi connectivity index (χ1) is 8.24. The Morgan fingerprint density at radius 1 is 1.29 bits per heavy atom. The Bertz CT molecular complexity index is 340. The van der Waals surface area contributed by atoms with Gasteiger partial charge < -0.3 is 10.6 Å². The Labute approximate surface area is 105 Å². The summed E-state index contributed by atoms with van der Waals surface area (Å²) in [7, 11) is 0. The Morgan fingerprint density at radius 3 is 2.41 bits per heavy atom. The van der Waals surface area contributed by atoms with Crippen LogP contribution in [0.3, 0.4) is 0 Å². The van der Waals surface area contributed by atoms with Gasteiger partial charge in [-0.3, -0.25) is 0 Å². The molecule has 94 valence electrons. The molecule has 2 nitrogen and oxygen atoms in total. The van der Waals surface area contributed by atoms with E-state index in [-0.39, 0.29) is 0 Å². The van der Waals surface area contributed by atoms with Crippen molar-refractivity contribution in [2.24, 2.45) is 11.7 Å². The van der Waals surface area contributed by atoms with E-state index in [2.05, 4.69) is 43.0 Å². The fourth-order valence-corrected chi connectivity index (χ4v) is 2.14. The van der Waals surface area contributed by atoms with Crippen LogP contribution in [-0.4, -0.2) is 12.6 Å². The molecule has 1 fully saturated rings. The summed E-state index contributed by atoms with van der Waals surface area (Å²) in [6.07, 6.45) is 3.97. The first-order valence-electron chi connectivity index (χ1n) is 6.80. The highest BCUT2D eigenvalue weighted by molar-refractivity contribution is 5.49. The van der Waals surface area contributed by atoms with Gasteiger partial charge in [-0.15, -0.1) is 0 Å². The Hall–Kier alpha value is -1.02. The van der Waals surface area contributed by atoms with E-state index in [0.717, 1.165) is 12.0 Å². The maximum Gasteiger partial charge on any atom is 0.0368 e. The van der Waals surface area contributed by atoms with Crippen LogP contribution in [0.1, 0.15) is 38.7 Å². The molecule has 1 aromatic rings. The molecule has 2 heteroatoms. The molecule has 0 heterocycles. The number of anilines is 1. The van der Waals surface area contributed by atoms with E-state index in [4.69, 9.17) is 5.73 Å². The van der Waals surface area contributed by atoms with E-state index in [0.29, 0.717) is 6.54 Å². The van der Waals surface area contributed by atoms with E-state index in [1.807, 2.05) is 0 Å². The van der Waals surface area contributed by atoms with Crippen LogP contribution < -0.4 is 10.6 Å². The van der Waals surface area contributed by atoms with E-state index in [1.165, 1.54) is 37.1 Å². The molecule has 1 aromatic carbocycles. The minimum absolute atomic E-state index is 0.634. The minimum Gasteiger partial charge on any atom is -0.368 e. The van der Waals surface area contributed by atoms with Crippen molar-refractivity contribution in [3.05, 3.63) is 29.8 Å². The number of hydrogen-bond acceptors (Lipinski definition) is 2. The zero-order valence-corrected chi connectivity index (χ0v) is 11.0. The Morgan fingerprint density at radius 2 is 1.94 bits per heavy atom. The second-order valence-corrected chi connectivity index (χ2v) is 5.27. The highest BCUT2D eigenvalue weighted by Crippen LogP contribution is 2.32. The standard InChI is InChI=1S/C15H24N2/c1-3-12(2)11-17(15-8-9-15)14-6-4-13(10-16)5-7-14/h4-7,12,15H,3,8-11,16H2,1-2H3. The van der Waals surface area contributed by atoms with Crippen molar-refractivity contribution in [3.8, 4) is 0 Å². The summed E-state index contributed by atoms with van der Waals surface area (Å²) in [4.78, 5) is 2.58. The van der Waals surface area contributed by atoms with Gasteiger partial charge >= 0.3 is 0 Å². The molecule has 0 aliphatic heterocycles. The van der Waals surface area contributed by atoms with E-state index in [1.54, 1.807) is 0 Å². The predicted molar refractivity (Wildman–Crippen MR) is 74.2 cm³/mol. The SMILES string of the molecule is CCC(C)CN(c1ccc(CN)cc1)C1CC1. The molecule has 0 radical (unpaired) electrons. The van der Waals surface area contributed by atoms with Crippen molar-refractivity contribution < 1.29 is 0 Å². The van der Waals surface area contributed by atoms with Crippen LogP contribution in [-0.2, 0) is 6.54 Å². The van der Waals surface area contributed by atoms with Gasteiger partial charge in [0.15, 0.2) is 0 Å². The molecule has 0 saturated heterocycles. The largest absolute Gasteiger partial charge is 0.368 e. The summed E-state index contributed by atoms with van der Waals surface area (Å²) < 4.78 is 0. The number of benzene rings is 1. The van der Waals surface area contributed by atoms with Crippen LogP contribution in [0.4, 0.5) is 5.69 Å². The van der Waals surface area contributed by atoms with Crippen LogP contribution in [0.2, 0.25) is 0 Å². The smallest absolute Gasteiger partial charge is 0.0368 e. The fraction of sp³-hybridized carbons (Fsp3) is 0.600. The lowest BCUT2D eigenvalue weighted by atomic mass is 10.1. The predicted octanol–water partition coefficient (Wildman–Crippen LogP) is 3.16. The maximum absolute atomic E-state index is 5.64. The summed E-state index contributed by atoms with van der Waals surface area (Å²) in [5.41, 5.74) is 8.22. The van der Waals surface area contributed by atoms with Crippen molar-refractivity contribution in [1.29, 1.82) is 0 Å². The molecule has 2 N–H and O–H groups in total. The van der Waals surface area contributed by atoms with Crippen LogP contribution in [0.5, 0.6) is 0 Å². The molecule has 1 unspecified atom stereocenters. The fourth-order valence-electron chi connectivity index (χ4n) is 2.14. The average molecular weight is 232 g/mol. The molecule has 1 saturated carbocycles. The second kappa shape index (κ2) is 5.54. The van der Waals surface area contributed by atoms with Crippen molar-refractivity contribution in [2.75, 3.05) is 11.4 Å². The monoisotopic (exact) mass is 232 g/mol. The summed E-state index contributed by atoms with van der Waals surface area (Å²) in [6, 6.07) is 9.54. The molecule has 0 bridgehead atoms. The normalized spacial score (nSPS) is 16.9. The molecule has 2 rings (SSSR count). The van der Waals surface area contributed by atoms with Gasteiger partial charge in [0, 0.05) is 24.8 Å². The van der Waals surface area contributed by atoms with Crippen LogP contribution >= 0.6 is 0 Å². The van der Waals surface area contributed by atoms with Crippen LogP contribution in [0.25, 0.3) is 0 Å². The third kappa shape index (κ3) is 3.22. The average Bonchev–Trinajstić information content (AvgIpc) is 3.20. The Kier molecular flexibility index (Phi) is 4.06. The van der Waals surface area contributed by atoms with Crippen molar-refractivity contribution in [3.63, 3.8) is 0 Å². The third-order valence-corrected chi connectivity index (χ3v) is 3.70. The summed E-state index contributed by atoms with van der Waals surface area (Å²) in [5.74, 6) is 0.768. The molecule has 0 aromatic heterocycles. The van der Waals surface area contributed by atoms with Crippen molar-refractivity contribution in [1.82, 2.24) is 0 Å². The van der Waals surface area contributed by atoms with Crippen LogP contribution in [0.15, 0.2) is 24.3 Å². The zero-order valence-electron chi connectivity index (χ0n) is 11.0. The van der Waals surface area contributed by atoms with Gasteiger partial charge in [-0.05, 0) is 36.5 Å². The zero-order chi connectivity index (χ0) is 12.3. The topological polar surface area (TPSA) is 29.3 Å². The highest BCUT2D eigenvalue weighted by Gasteiger charge is 2.29. The lowest BCUT2D eigenvalue weighted by Gasteiger charge is -2.27. The molecule has 1 aliphatic carbocycles. The van der Waals surface area contributed by atoms with Gasteiger partial charge in [-0.1, -0.05) is 32.4 Å². The van der Waals surface area contributed by atoms with E-state index >= 15 is 0 Å². The van der Waals surface area contributed by atoms with Gasteiger partial charge in [0.05, 0.1) is 0 Å². The van der Waals surface area contributed by atoms with Gasteiger partial charge in [0.2, 0.25) is 0 Å². The molecule has 0 amide bonds. The molecule has 1 atom stereocenters. The first kappa shape index (κ1) is 12.4. The number of hydrogen-bond donors (Lipinski definition) is 1. The first-order valence-corrected chi connectivity index (χ1v) is 6.80. The third-order valence-electron chi connectivity index (χ3n) is 3.70. The van der Waals surface area contributed by atoms with E-state index in [9.17, 15) is 0 Å². The molecule has 17 heavy (non-hydrogen) atoms. The molecular formula is C15H24N2. The lowest BCUT2D eigenvalue weighted by Crippen LogP contribution is -2.30. The number of nitrogens with two attached hydrogens (primary N) is 1. The number of rotatable bonds is 6. The van der Waals surface area contributed by atoms with Gasteiger partial charge in [-0.2, -0.15) is 0 Å². The highest BCUT2D eigenvalue weighted by atomic mass is 15.2. The summed E-state index contributed by atoms with van der Waals surface area (Å²) in [6.45, 7) is 6.43. The van der Waals surface area contributed by atoms with Crippen molar-refractivity contribution >= 4 is 5.69 Å². The molecular weight excluding hydrogens is 208 g/mol. The summed E-state index contributed by atoms with van der Waals surface area (Å²) in [5, 5.41) is 0. The molecule has 1 aliphatic rings. The summed E-state index contributed by atoms with van der Waals surface area (Å²) >= 11 is 0. The Balaban J connectivity index is 2.08. The van der Waals surface area contributed by atoms with Gasteiger partial charge in [0.25, 0.3) is 0 Å². The maximum atomic E-state index is 5.64. The van der Waals surface area contributed by atoms with Gasteiger partial charge in [0.1, 0.15) is 0 Å². The van der Waals surface area contributed by atoms with Crippen molar-refractivity contribution in [2.45, 2.75) is 45.7 Å². The number of nitrogens with zero attached hydrogens (tertiary/aromatic N) is 1. The molecule has 0 spiro atoms. The van der Waals surface area contributed by atoms with E-state index < -0.39 is 0 Å².